The Bertz CT molecular complexity index is 1300. The first-order valence-electron chi connectivity index (χ1n) is 10.7. The average molecular weight is 464 g/mol. The smallest absolute Gasteiger partial charge is 0.269 e. The number of nitrogens with one attached hydrogen (secondary N) is 1. The third kappa shape index (κ3) is 3.89. The lowest BCUT2D eigenvalue weighted by Crippen LogP contribution is -2.27. The lowest BCUT2D eigenvalue weighted by molar-refractivity contribution is 0.103. The third-order valence-electron chi connectivity index (χ3n) is 6.22. The summed E-state index contributed by atoms with van der Waals surface area (Å²) in [4.78, 5) is 27.8. The number of hydrogen-bond acceptors (Lipinski definition) is 7. The molecule has 0 aromatic carbocycles. The zero-order valence-electron chi connectivity index (χ0n) is 18.3. The zero-order chi connectivity index (χ0) is 22.5. The third-order valence-corrected chi connectivity index (χ3v) is 8.09. The summed E-state index contributed by atoms with van der Waals surface area (Å²) in [7, 11) is 0. The van der Waals surface area contributed by atoms with E-state index in [1.54, 1.807) is 12.4 Å². The molecule has 1 aliphatic rings. The van der Waals surface area contributed by atoms with Crippen LogP contribution in [-0.2, 0) is 12.8 Å². The molecule has 0 radical (unpaired) electrons. The van der Waals surface area contributed by atoms with E-state index in [-0.39, 0.29) is 11.3 Å². The second kappa shape index (κ2) is 7.94. The Hall–Kier alpha value is -2.84. The number of nitrogen functional groups attached to an aromatic ring is 1. The highest BCUT2D eigenvalue weighted by Crippen LogP contribution is 2.40. The van der Waals surface area contributed by atoms with E-state index in [0.29, 0.717) is 21.6 Å². The second-order valence-corrected chi connectivity index (χ2v) is 11.2. The number of pyridine rings is 2. The highest BCUT2D eigenvalue weighted by Gasteiger charge is 2.30. The maximum Gasteiger partial charge on any atom is 0.269 e. The van der Waals surface area contributed by atoms with Gasteiger partial charge in [0.15, 0.2) is 5.13 Å². The van der Waals surface area contributed by atoms with Gasteiger partial charge in [0.2, 0.25) is 0 Å². The standard InChI is InChI=1S/C24H25N5OS2/c1-24(2,3)15-4-5-17-14(10-15)11-16-19(25)20(32-22(16)27-17)21(30)29-23-28-18(12-31-23)13-6-8-26-9-7-13/h6-9,11-12,15H,4-5,10,25H2,1-3H3,(H,28,29,30). The summed E-state index contributed by atoms with van der Waals surface area (Å²) >= 11 is 2.74. The quantitative estimate of drug-likeness (QED) is 0.400. The number of aryl methyl sites for hydroxylation is 1. The summed E-state index contributed by atoms with van der Waals surface area (Å²) in [6, 6.07) is 5.94. The van der Waals surface area contributed by atoms with Crippen LogP contribution in [0.25, 0.3) is 21.5 Å². The number of carbonyl (C=O) groups is 1. The molecule has 4 aromatic heterocycles. The van der Waals surface area contributed by atoms with Gasteiger partial charge in [0, 0.05) is 34.4 Å². The molecule has 3 N–H and O–H groups in total. The predicted molar refractivity (Wildman–Crippen MR) is 132 cm³/mol. The van der Waals surface area contributed by atoms with Crippen molar-refractivity contribution in [2.75, 3.05) is 11.1 Å². The number of thiazole rings is 1. The van der Waals surface area contributed by atoms with Crippen molar-refractivity contribution < 1.29 is 4.79 Å². The molecule has 8 heteroatoms. The molecular formula is C24H25N5OS2. The van der Waals surface area contributed by atoms with Crippen LogP contribution in [0.15, 0.2) is 36.0 Å². The van der Waals surface area contributed by atoms with Crippen molar-refractivity contribution in [3.8, 4) is 11.3 Å². The summed E-state index contributed by atoms with van der Waals surface area (Å²) in [5.41, 5.74) is 11.4. The fourth-order valence-electron chi connectivity index (χ4n) is 4.24. The number of rotatable bonds is 3. The molecule has 6 nitrogen and oxygen atoms in total. The van der Waals surface area contributed by atoms with Crippen LogP contribution in [0.4, 0.5) is 10.8 Å². The summed E-state index contributed by atoms with van der Waals surface area (Å²) in [6.45, 7) is 6.90. The maximum absolute atomic E-state index is 13.0. The average Bonchev–Trinajstić information content (AvgIpc) is 3.36. The number of fused-ring (bicyclic) bond motifs is 2. The fourth-order valence-corrected chi connectivity index (χ4v) is 5.94. The van der Waals surface area contributed by atoms with Crippen molar-refractivity contribution in [1.82, 2.24) is 15.0 Å². The summed E-state index contributed by atoms with van der Waals surface area (Å²) in [5, 5.41) is 6.24. The first kappa shape index (κ1) is 21.0. The van der Waals surface area contributed by atoms with Crippen LogP contribution in [0.2, 0.25) is 0 Å². The van der Waals surface area contributed by atoms with E-state index < -0.39 is 0 Å². The van der Waals surface area contributed by atoms with E-state index in [1.807, 2.05) is 17.5 Å². The van der Waals surface area contributed by atoms with E-state index in [0.717, 1.165) is 46.4 Å². The number of aromatic nitrogens is 3. The molecular weight excluding hydrogens is 438 g/mol. The minimum Gasteiger partial charge on any atom is -0.397 e. The molecule has 0 saturated heterocycles. The highest BCUT2D eigenvalue weighted by atomic mass is 32.1. The Morgan fingerprint density at radius 3 is 2.75 bits per heavy atom. The molecule has 164 valence electrons. The molecule has 4 aromatic rings. The number of hydrogen-bond donors (Lipinski definition) is 2. The van der Waals surface area contributed by atoms with E-state index in [1.165, 1.54) is 28.2 Å². The zero-order valence-corrected chi connectivity index (χ0v) is 19.9. The van der Waals surface area contributed by atoms with E-state index >= 15 is 0 Å². The van der Waals surface area contributed by atoms with Crippen LogP contribution >= 0.6 is 22.7 Å². The van der Waals surface area contributed by atoms with Gasteiger partial charge in [0.05, 0.1) is 11.4 Å². The summed E-state index contributed by atoms with van der Waals surface area (Å²) in [5.74, 6) is 0.378. The van der Waals surface area contributed by atoms with Crippen molar-refractivity contribution in [2.24, 2.45) is 11.3 Å². The van der Waals surface area contributed by atoms with E-state index in [2.05, 4.69) is 42.1 Å². The van der Waals surface area contributed by atoms with Crippen molar-refractivity contribution in [3.63, 3.8) is 0 Å². The molecule has 4 heterocycles. The molecule has 0 spiro atoms. The van der Waals surface area contributed by atoms with E-state index in [4.69, 9.17) is 10.7 Å². The largest absolute Gasteiger partial charge is 0.397 e. The Balaban J connectivity index is 1.41. The Kier molecular flexibility index (Phi) is 5.22. The first-order chi connectivity index (χ1) is 15.3. The number of anilines is 2. The van der Waals surface area contributed by atoms with Crippen LogP contribution in [0.5, 0.6) is 0 Å². The van der Waals surface area contributed by atoms with Crippen molar-refractivity contribution in [3.05, 3.63) is 52.1 Å². The monoisotopic (exact) mass is 463 g/mol. The Morgan fingerprint density at radius 2 is 2.00 bits per heavy atom. The minimum atomic E-state index is -0.244. The normalized spacial score (nSPS) is 16.2. The van der Waals surface area contributed by atoms with Crippen molar-refractivity contribution >= 4 is 49.6 Å². The number of carbonyl (C=O) groups excluding carboxylic acids is 1. The van der Waals surface area contributed by atoms with Gasteiger partial charge in [-0.15, -0.1) is 22.7 Å². The van der Waals surface area contributed by atoms with Gasteiger partial charge >= 0.3 is 0 Å². The molecule has 0 aliphatic heterocycles. The number of amides is 1. The minimum absolute atomic E-state index is 0.244. The lowest BCUT2D eigenvalue weighted by atomic mass is 9.71. The Labute approximate surface area is 194 Å². The SMILES string of the molecule is CC(C)(C)C1CCc2nc3sc(C(=O)Nc4nc(-c5ccncc5)cs4)c(N)c3cc2C1. The summed E-state index contributed by atoms with van der Waals surface area (Å²) in [6.07, 6.45) is 6.58. The summed E-state index contributed by atoms with van der Waals surface area (Å²) < 4.78 is 0. The second-order valence-electron chi connectivity index (χ2n) is 9.33. The van der Waals surface area contributed by atoms with Crippen molar-refractivity contribution in [1.29, 1.82) is 0 Å². The van der Waals surface area contributed by atoms with Gasteiger partial charge in [-0.25, -0.2) is 9.97 Å². The van der Waals surface area contributed by atoms with Gasteiger partial charge in [0.25, 0.3) is 5.91 Å². The van der Waals surface area contributed by atoms with Crippen molar-refractivity contribution in [2.45, 2.75) is 40.0 Å². The van der Waals surface area contributed by atoms with Crippen LogP contribution in [0.1, 0.15) is 48.1 Å². The number of thiophene rings is 1. The highest BCUT2D eigenvalue weighted by molar-refractivity contribution is 7.21. The van der Waals surface area contributed by atoms with Gasteiger partial charge in [-0.05, 0) is 54.4 Å². The lowest BCUT2D eigenvalue weighted by Gasteiger charge is -2.34. The molecule has 1 aliphatic carbocycles. The molecule has 0 fully saturated rings. The van der Waals surface area contributed by atoms with Gasteiger partial charge in [-0.3, -0.25) is 15.1 Å². The molecule has 0 bridgehead atoms. The Morgan fingerprint density at radius 1 is 1.22 bits per heavy atom. The van der Waals surface area contributed by atoms with Gasteiger partial charge in [-0.2, -0.15) is 0 Å². The number of nitrogens with zero attached hydrogens (tertiary/aromatic N) is 3. The maximum atomic E-state index is 13.0. The number of nitrogens with two attached hydrogens (primary N) is 1. The molecule has 1 atom stereocenters. The van der Waals surface area contributed by atoms with Gasteiger partial charge < -0.3 is 5.73 Å². The molecule has 1 amide bonds. The molecule has 32 heavy (non-hydrogen) atoms. The first-order valence-corrected chi connectivity index (χ1v) is 12.4. The van der Waals surface area contributed by atoms with Gasteiger partial charge in [-0.1, -0.05) is 20.8 Å². The van der Waals surface area contributed by atoms with Crippen LogP contribution in [-0.4, -0.2) is 20.9 Å². The van der Waals surface area contributed by atoms with Crippen LogP contribution in [0, 0.1) is 11.3 Å². The predicted octanol–water partition coefficient (Wildman–Crippen LogP) is 5.80. The molecule has 0 saturated carbocycles. The topological polar surface area (TPSA) is 93.8 Å². The van der Waals surface area contributed by atoms with E-state index in [9.17, 15) is 4.79 Å². The van der Waals surface area contributed by atoms with Crippen LogP contribution in [0.3, 0.4) is 0 Å². The fraction of sp³-hybridized carbons (Fsp3) is 0.333. The molecule has 1 unspecified atom stereocenters. The van der Waals surface area contributed by atoms with Crippen LogP contribution < -0.4 is 11.1 Å². The molecule has 5 rings (SSSR count). The van der Waals surface area contributed by atoms with Gasteiger partial charge in [0.1, 0.15) is 9.71 Å².